The molecule has 0 bridgehead atoms. The van der Waals surface area contributed by atoms with Gasteiger partial charge in [-0.3, -0.25) is 19.8 Å². The summed E-state index contributed by atoms with van der Waals surface area (Å²) in [5.74, 6) is -1.94. The monoisotopic (exact) mass is 460 g/mol. The molecule has 3 rings (SSSR count). The van der Waals surface area contributed by atoms with E-state index >= 15 is 0 Å². The third-order valence-electron chi connectivity index (χ3n) is 4.32. The molecular weight excluding hydrogens is 444 g/mol. The zero-order valence-corrected chi connectivity index (χ0v) is 18.0. The van der Waals surface area contributed by atoms with Crippen LogP contribution in [0.1, 0.15) is 12.5 Å². The molecule has 1 saturated heterocycles. The Balaban J connectivity index is 1.96. The second-order valence-corrected chi connectivity index (χ2v) is 7.27. The zero-order valence-electron chi connectivity index (χ0n) is 16.4. The number of carboxylic acid groups (broad SMARTS) is 1. The maximum atomic E-state index is 13.0. The number of benzene rings is 2. The summed E-state index contributed by atoms with van der Waals surface area (Å²) in [7, 11) is 1.39. The number of carbonyl (C=O) groups is 3. The van der Waals surface area contributed by atoms with E-state index in [1.165, 1.54) is 37.1 Å². The van der Waals surface area contributed by atoms with Gasteiger partial charge >= 0.3 is 5.97 Å². The molecule has 2 aromatic rings. The van der Waals surface area contributed by atoms with E-state index in [1.807, 2.05) is 0 Å². The number of nitrogens with one attached hydrogen (secondary N) is 1. The van der Waals surface area contributed by atoms with Gasteiger partial charge in [-0.15, -0.1) is 0 Å². The lowest BCUT2D eigenvalue weighted by Gasteiger charge is -2.29. The largest absolute Gasteiger partial charge is 0.493 e. The Morgan fingerprint density at radius 1 is 1.23 bits per heavy atom. The van der Waals surface area contributed by atoms with Crippen molar-refractivity contribution in [3.8, 4) is 11.5 Å². The minimum absolute atomic E-state index is 0.0570. The first-order valence-corrected chi connectivity index (χ1v) is 9.74. The van der Waals surface area contributed by atoms with Crippen LogP contribution in [0.4, 0.5) is 5.69 Å². The summed E-state index contributed by atoms with van der Waals surface area (Å²) in [5, 5.41) is 11.9. The summed E-state index contributed by atoms with van der Waals surface area (Å²) < 4.78 is 10.6. The van der Waals surface area contributed by atoms with Crippen LogP contribution >= 0.6 is 23.8 Å². The van der Waals surface area contributed by atoms with E-state index in [1.54, 1.807) is 30.3 Å². The maximum absolute atomic E-state index is 13.0. The van der Waals surface area contributed by atoms with Crippen LogP contribution in [0, 0.1) is 0 Å². The van der Waals surface area contributed by atoms with Gasteiger partial charge in [-0.05, 0) is 61.1 Å². The number of amides is 2. The van der Waals surface area contributed by atoms with Crippen molar-refractivity contribution in [1.82, 2.24) is 5.32 Å². The molecule has 2 N–H and O–H groups in total. The number of hydrogen-bond acceptors (Lipinski definition) is 6. The molecule has 8 nitrogen and oxygen atoms in total. The van der Waals surface area contributed by atoms with Crippen LogP contribution in [-0.4, -0.2) is 41.2 Å². The highest BCUT2D eigenvalue weighted by atomic mass is 35.5. The molecule has 10 heteroatoms. The van der Waals surface area contributed by atoms with Crippen LogP contribution in [0.3, 0.4) is 0 Å². The fourth-order valence-electron chi connectivity index (χ4n) is 2.79. The molecule has 160 valence electrons. The molecule has 2 amide bonds. The number of carbonyl (C=O) groups excluding carboxylic acids is 2. The average Bonchev–Trinajstić information content (AvgIpc) is 2.71. The van der Waals surface area contributed by atoms with E-state index in [9.17, 15) is 14.4 Å². The molecule has 1 aliphatic heterocycles. The minimum atomic E-state index is -1.13. The van der Waals surface area contributed by atoms with Crippen molar-refractivity contribution >= 4 is 58.5 Å². The highest BCUT2D eigenvalue weighted by Crippen LogP contribution is 2.31. The van der Waals surface area contributed by atoms with Gasteiger partial charge in [0.15, 0.2) is 22.7 Å². The third kappa shape index (κ3) is 4.84. The van der Waals surface area contributed by atoms with Crippen LogP contribution < -0.4 is 19.7 Å². The van der Waals surface area contributed by atoms with E-state index in [0.29, 0.717) is 16.3 Å². The summed E-state index contributed by atoms with van der Waals surface area (Å²) in [6.07, 6.45) is 0.292. The zero-order chi connectivity index (χ0) is 22.7. The summed E-state index contributed by atoms with van der Waals surface area (Å²) in [5.41, 5.74) is 0.727. The quantitative estimate of drug-likeness (QED) is 0.388. The molecule has 0 radical (unpaired) electrons. The van der Waals surface area contributed by atoms with Crippen LogP contribution in [0.15, 0.2) is 48.0 Å². The number of methoxy groups -OCH3 is 1. The normalized spacial score (nSPS) is 16.2. The topological polar surface area (TPSA) is 105 Å². The number of thiocarbonyl (C=S) groups is 1. The second kappa shape index (κ2) is 9.15. The first-order valence-electron chi connectivity index (χ1n) is 8.95. The van der Waals surface area contributed by atoms with Gasteiger partial charge in [-0.2, -0.15) is 0 Å². The van der Waals surface area contributed by atoms with E-state index in [-0.39, 0.29) is 22.2 Å². The van der Waals surface area contributed by atoms with Crippen molar-refractivity contribution in [3.05, 3.63) is 58.6 Å². The number of hydrogen-bond donors (Lipinski definition) is 2. The molecule has 1 heterocycles. The predicted molar refractivity (Wildman–Crippen MR) is 118 cm³/mol. The standard InChI is InChI=1S/C21H17ClN2O6S/c1-11(20(27)28)30-16-7-6-12(9-17(16)29-2)8-15-18(25)23-21(31)24(19(15)26)14-5-3-4-13(22)10-14/h3-11H,1-2H3,(H,27,28)(H,23,25,31). The molecule has 0 aromatic heterocycles. The molecule has 1 atom stereocenters. The van der Waals surface area contributed by atoms with Gasteiger partial charge in [-0.1, -0.05) is 23.7 Å². The molecular formula is C21H17ClN2O6S. The number of carboxylic acids is 1. The number of ether oxygens (including phenoxy) is 2. The first kappa shape index (κ1) is 22.3. The Hall–Kier alpha value is -3.43. The summed E-state index contributed by atoms with van der Waals surface area (Å²) in [6.45, 7) is 1.38. The van der Waals surface area contributed by atoms with Crippen molar-refractivity contribution in [3.63, 3.8) is 0 Å². The fourth-order valence-corrected chi connectivity index (χ4v) is 3.25. The molecule has 2 aromatic carbocycles. The van der Waals surface area contributed by atoms with Crippen molar-refractivity contribution in [2.75, 3.05) is 12.0 Å². The maximum Gasteiger partial charge on any atom is 0.344 e. The van der Waals surface area contributed by atoms with Crippen LogP contribution in [0.5, 0.6) is 11.5 Å². The van der Waals surface area contributed by atoms with Crippen LogP contribution in [0.25, 0.3) is 6.08 Å². The van der Waals surface area contributed by atoms with Gasteiger partial charge in [-0.25, -0.2) is 4.79 Å². The second-order valence-electron chi connectivity index (χ2n) is 6.45. The van der Waals surface area contributed by atoms with Gasteiger partial charge in [0.25, 0.3) is 11.8 Å². The van der Waals surface area contributed by atoms with Gasteiger partial charge in [0, 0.05) is 5.02 Å². The molecule has 31 heavy (non-hydrogen) atoms. The Morgan fingerprint density at radius 2 is 1.97 bits per heavy atom. The van der Waals surface area contributed by atoms with Gasteiger partial charge in [0.1, 0.15) is 5.57 Å². The molecule has 0 spiro atoms. The SMILES string of the molecule is COc1cc(C=C2C(=O)NC(=S)N(c3cccc(Cl)c3)C2=O)ccc1OC(C)C(=O)O. The summed E-state index contributed by atoms with van der Waals surface area (Å²) in [6, 6.07) is 11.1. The third-order valence-corrected chi connectivity index (χ3v) is 4.84. The van der Waals surface area contributed by atoms with Crippen molar-refractivity contribution in [1.29, 1.82) is 0 Å². The van der Waals surface area contributed by atoms with Crippen molar-refractivity contribution < 1.29 is 29.0 Å². The molecule has 1 aliphatic rings. The summed E-state index contributed by atoms with van der Waals surface area (Å²) >= 11 is 11.2. The Morgan fingerprint density at radius 3 is 2.61 bits per heavy atom. The highest BCUT2D eigenvalue weighted by Gasteiger charge is 2.34. The Labute approximate surface area is 188 Å². The smallest absolute Gasteiger partial charge is 0.344 e. The Bertz CT molecular complexity index is 1120. The van der Waals surface area contributed by atoms with Gasteiger partial charge in [0.2, 0.25) is 0 Å². The van der Waals surface area contributed by atoms with E-state index in [0.717, 1.165) is 0 Å². The fraction of sp³-hybridized carbons (Fsp3) is 0.143. The lowest BCUT2D eigenvalue weighted by Crippen LogP contribution is -2.54. The number of anilines is 1. The molecule has 0 aliphatic carbocycles. The minimum Gasteiger partial charge on any atom is -0.493 e. The van der Waals surface area contributed by atoms with Gasteiger partial charge in [0.05, 0.1) is 12.8 Å². The molecule has 0 saturated carbocycles. The Kier molecular flexibility index (Phi) is 6.57. The first-order chi connectivity index (χ1) is 14.7. The number of halogens is 1. The lowest BCUT2D eigenvalue weighted by molar-refractivity contribution is -0.144. The van der Waals surface area contributed by atoms with E-state index in [4.69, 9.17) is 38.4 Å². The molecule has 1 unspecified atom stereocenters. The van der Waals surface area contributed by atoms with Crippen molar-refractivity contribution in [2.45, 2.75) is 13.0 Å². The predicted octanol–water partition coefficient (Wildman–Crippen LogP) is 3.03. The highest BCUT2D eigenvalue weighted by molar-refractivity contribution is 7.80. The number of rotatable bonds is 6. The average molecular weight is 461 g/mol. The van der Waals surface area contributed by atoms with Gasteiger partial charge < -0.3 is 14.6 Å². The number of nitrogens with zero attached hydrogens (tertiary/aromatic N) is 1. The van der Waals surface area contributed by atoms with Crippen LogP contribution in [-0.2, 0) is 14.4 Å². The van der Waals surface area contributed by atoms with Crippen LogP contribution in [0.2, 0.25) is 5.02 Å². The van der Waals surface area contributed by atoms with Crippen molar-refractivity contribution in [2.24, 2.45) is 0 Å². The number of aliphatic carboxylic acids is 1. The lowest BCUT2D eigenvalue weighted by atomic mass is 10.1. The molecule has 1 fully saturated rings. The van der Waals surface area contributed by atoms with E-state index in [2.05, 4.69) is 5.32 Å². The van der Waals surface area contributed by atoms with E-state index < -0.39 is 23.9 Å². The summed E-state index contributed by atoms with van der Waals surface area (Å²) in [4.78, 5) is 37.7.